The van der Waals surface area contributed by atoms with E-state index in [1.165, 1.54) is 11.3 Å². The van der Waals surface area contributed by atoms with Gasteiger partial charge in [0.05, 0.1) is 14.9 Å². The van der Waals surface area contributed by atoms with Crippen molar-refractivity contribution in [2.45, 2.75) is 13.0 Å². The van der Waals surface area contributed by atoms with E-state index < -0.39 is 0 Å². The molecule has 2 rings (SSSR count). The molecule has 5 heteroatoms. The van der Waals surface area contributed by atoms with Gasteiger partial charge in [-0.15, -0.1) is 11.3 Å². The van der Waals surface area contributed by atoms with Crippen LogP contribution >= 0.6 is 38.9 Å². The lowest BCUT2D eigenvalue weighted by Gasteiger charge is -2.16. The minimum absolute atomic E-state index is 0.181. The Bertz CT molecular complexity index is 551. The highest BCUT2D eigenvalue weighted by Gasteiger charge is 2.19. The maximum absolute atomic E-state index is 14.0. The average molecular weight is 349 g/mol. The molecule has 2 aromatic rings. The molecule has 0 aliphatic heterocycles. The molecule has 1 N–H and O–H groups in total. The van der Waals surface area contributed by atoms with Crippen LogP contribution in [0.5, 0.6) is 0 Å². The number of nitrogens with one attached hydrogen (secondary N) is 1. The standard InChI is InChI=1S/C13H12BrClFNS/c1-7-3-4-8(10(16)5-7)12(17-2)11-6-9(15)13(14)18-11/h3-6,12,17H,1-2H3. The monoisotopic (exact) mass is 347 g/mol. The van der Waals surface area contributed by atoms with Gasteiger partial charge >= 0.3 is 0 Å². The number of halogens is 3. The number of hydrogen-bond acceptors (Lipinski definition) is 2. The van der Waals surface area contributed by atoms with Crippen molar-refractivity contribution < 1.29 is 4.39 Å². The fraction of sp³-hybridized carbons (Fsp3) is 0.231. The van der Waals surface area contributed by atoms with Crippen LogP contribution in [0.4, 0.5) is 4.39 Å². The van der Waals surface area contributed by atoms with Crippen molar-refractivity contribution in [2.24, 2.45) is 0 Å². The summed E-state index contributed by atoms with van der Waals surface area (Å²) in [5.74, 6) is -0.199. The Hall–Kier alpha value is -0.420. The Labute approximate surface area is 123 Å². The van der Waals surface area contributed by atoms with E-state index in [4.69, 9.17) is 11.6 Å². The van der Waals surface area contributed by atoms with Gasteiger partial charge in [-0.25, -0.2) is 4.39 Å². The molecule has 0 aliphatic carbocycles. The molecule has 1 nitrogen and oxygen atoms in total. The van der Waals surface area contributed by atoms with Crippen LogP contribution in [0.3, 0.4) is 0 Å². The van der Waals surface area contributed by atoms with E-state index in [2.05, 4.69) is 21.2 Å². The zero-order valence-electron chi connectivity index (χ0n) is 9.93. The molecule has 0 bridgehead atoms. The second-order valence-corrected chi connectivity index (χ2v) is 6.83. The lowest BCUT2D eigenvalue weighted by atomic mass is 10.0. The van der Waals surface area contributed by atoms with E-state index in [0.29, 0.717) is 10.6 Å². The second-order valence-electron chi connectivity index (χ2n) is 4.02. The molecular formula is C13H12BrClFNS. The van der Waals surface area contributed by atoms with Gasteiger partial charge in [0, 0.05) is 10.4 Å². The predicted octanol–water partition coefficient (Wildman–Crippen LogP) is 4.92. The summed E-state index contributed by atoms with van der Waals surface area (Å²) in [6, 6.07) is 6.94. The molecule has 0 aliphatic rings. The van der Waals surface area contributed by atoms with Crippen LogP contribution in [0.2, 0.25) is 5.02 Å². The predicted molar refractivity (Wildman–Crippen MR) is 79.1 cm³/mol. The first kappa shape index (κ1) is 14.0. The first-order valence-electron chi connectivity index (χ1n) is 5.41. The fourth-order valence-corrected chi connectivity index (χ4v) is 3.70. The molecule has 1 atom stereocenters. The van der Waals surface area contributed by atoms with Gasteiger partial charge in [0.2, 0.25) is 0 Å². The van der Waals surface area contributed by atoms with Gasteiger partial charge in [-0.2, -0.15) is 0 Å². The number of benzene rings is 1. The maximum atomic E-state index is 14.0. The molecule has 1 heterocycles. The van der Waals surface area contributed by atoms with Gasteiger partial charge in [-0.05, 0) is 47.6 Å². The summed E-state index contributed by atoms with van der Waals surface area (Å²) in [5.41, 5.74) is 1.55. The van der Waals surface area contributed by atoms with E-state index in [-0.39, 0.29) is 11.9 Å². The molecule has 0 fully saturated rings. The number of aryl methyl sites for hydroxylation is 1. The van der Waals surface area contributed by atoms with Gasteiger partial charge in [-0.1, -0.05) is 23.7 Å². The third-order valence-electron chi connectivity index (χ3n) is 2.70. The molecular weight excluding hydrogens is 337 g/mol. The van der Waals surface area contributed by atoms with E-state index >= 15 is 0 Å². The first-order valence-corrected chi connectivity index (χ1v) is 7.39. The summed E-state index contributed by atoms with van der Waals surface area (Å²) in [6.45, 7) is 1.87. The lowest BCUT2D eigenvalue weighted by molar-refractivity contribution is 0.578. The highest BCUT2D eigenvalue weighted by Crippen LogP contribution is 2.37. The van der Waals surface area contributed by atoms with Crippen LogP contribution in [0, 0.1) is 12.7 Å². The molecule has 1 unspecified atom stereocenters. The van der Waals surface area contributed by atoms with Gasteiger partial charge in [0.25, 0.3) is 0 Å². The highest BCUT2D eigenvalue weighted by atomic mass is 79.9. The summed E-state index contributed by atoms with van der Waals surface area (Å²) >= 11 is 10.9. The third kappa shape index (κ3) is 2.77. The van der Waals surface area contributed by atoms with E-state index in [9.17, 15) is 4.39 Å². The Balaban J connectivity index is 2.45. The summed E-state index contributed by atoms with van der Waals surface area (Å²) in [7, 11) is 1.81. The van der Waals surface area contributed by atoms with Crippen molar-refractivity contribution in [3.05, 3.63) is 54.9 Å². The molecule has 18 heavy (non-hydrogen) atoms. The van der Waals surface area contributed by atoms with E-state index in [1.807, 2.05) is 32.2 Å². The lowest BCUT2D eigenvalue weighted by Crippen LogP contribution is -2.17. The zero-order valence-corrected chi connectivity index (χ0v) is 13.1. The Morgan fingerprint density at radius 3 is 2.61 bits per heavy atom. The quantitative estimate of drug-likeness (QED) is 0.830. The van der Waals surface area contributed by atoms with Crippen LogP contribution in [-0.2, 0) is 0 Å². The highest BCUT2D eigenvalue weighted by molar-refractivity contribution is 9.11. The number of rotatable bonds is 3. The molecule has 0 spiro atoms. The molecule has 0 amide bonds. The summed E-state index contributed by atoms with van der Waals surface area (Å²) in [5, 5.41) is 3.78. The van der Waals surface area contributed by atoms with Gasteiger partial charge in [-0.3, -0.25) is 0 Å². The van der Waals surface area contributed by atoms with Gasteiger partial charge < -0.3 is 5.32 Å². The molecule has 0 saturated carbocycles. The van der Waals surface area contributed by atoms with E-state index in [0.717, 1.165) is 14.2 Å². The Morgan fingerprint density at radius 1 is 1.39 bits per heavy atom. The molecule has 96 valence electrons. The summed E-state index contributed by atoms with van der Waals surface area (Å²) in [6.07, 6.45) is 0. The third-order valence-corrected chi connectivity index (χ3v) is 5.24. The topological polar surface area (TPSA) is 12.0 Å². The minimum atomic E-state index is -0.199. The van der Waals surface area contributed by atoms with Gasteiger partial charge in [0.1, 0.15) is 5.82 Å². The van der Waals surface area contributed by atoms with Crippen molar-refractivity contribution in [2.75, 3.05) is 7.05 Å². The fourth-order valence-electron chi connectivity index (χ4n) is 1.82. The van der Waals surface area contributed by atoms with Crippen LogP contribution in [0.1, 0.15) is 22.0 Å². The van der Waals surface area contributed by atoms with Crippen LogP contribution < -0.4 is 5.32 Å². The zero-order chi connectivity index (χ0) is 13.3. The second kappa shape index (κ2) is 5.70. The van der Waals surface area contributed by atoms with Crippen molar-refractivity contribution in [3.63, 3.8) is 0 Å². The normalized spacial score (nSPS) is 12.7. The number of hydrogen-bond donors (Lipinski definition) is 1. The summed E-state index contributed by atoms with van der Waals surface area (Å²) in [4.78, 5) is 0.983. The maximum Gasteiger partial charge on any atom is 0.128 e. The molecule has 0 radical (unpaired) electrons. The van der Waals surface area contributed by atoms with Crippen molar-refractivity contribution in [3.8, 4) is 0 Å². The minimum Gasteiger partial charge on any atom is -0.309 e. The Morgan fingerprint density at radius 2 is 2.11 bits per heavy atom. The van der Waals surface area contributed by atoms with Crippen LogP contribution in [0.25, 0.3) is 0 Å². The SMILES string of the molecule is CNC(c1cc(Cl)c(Br)s1)c1ccc(C)cc1F. The number of thiophene rings is 1. The van der Waals surface area contributed by atoms with Crippen molar-refractivity contribution in [1.82, 2.24) is 5.32 Å². The summed E-state index contributed by atoms with van der Waals surface area (Å²) < 4.78 is 14.9. The van der Waals surface area contributed by atoms with Gasteiger partial charge in [0.15, 0.2) is 0 Å². The Kier molecular flexibility index (Phi) is 4.43. The first-order chi connectivity index (χ1) is 8.52. The van der Waals surface area contributed by atoms with Crippen molar-refractivity contribution in [1.29, 1.82) is 0 Å². The molecule has 0 saturated heterocycles. The smallest absolute Gasteiger partial charge is 0.128 e. The molecule has 1 aromatic carbocycles. The largest absolute Gasteiger partial charge is 0.309 e. The van der Waals surface area contributed by atoms with E-state index in [1.54, 1.807) is 6.07 Å². The molecule has 1 aromatic heterocycles. The van der Waals surface area contributed by atoms with Crippen LogP contribution in [-0.4, -0.2) is 7.05 Å². The van der Waals surface area contributed by atoms with Crippen molar-refractivity contribution >= 4 is 38.9 Å². The average Bonchev–Trinajstić information content (AvgIpc) is 2.63. The van der Waals surface area contributed by atoms with Crippen LogP contribution in [0.15, 0.2) is 28.1 Å².